The summed E-state index contributed by atoms with van der Waals surface area (Å²) in [5.41, 5.74) is 1.12. The zero-order chi connectivity index (χ0) is 13.3. The standard InChI is InChI=1S/C12H16FNO3S/c1-9-8-18(16,17)3-2-14(9)12-5-10(7-15)4-11(13)6-12/h4-6,9,15H,2-3,7-8H2,1H3. The first-order chi connectivity index (χ1) is 8.41. The van der Waals surface area contributed by atoms with E-state index in [1.54, 1.807) is 13.0 Å². The van der Waals surface area contributed by atoms with E-state index >= 15 is 0 Å². The molecule has 0 aromatic heterocycles. The van der Waals surface area contributed by atoms with Gasteiger partial charge in [0, 0.05) is 18.3 Å². The highest BCUT2D eigenvalue weighted by atomic mass is 32.2. The summed E-state index contributed by atoms with van der Waals surface area (Å²) in [6.07, 6.45) is 0. The van der Waals surface area contributed by atoms with E-state index in [2.05, 4.69) is 0 Å². The van der Waals surface area contributed by atoms with Crippen molar-refractivity contribution in [1.82, 2.24) is 0 Å². The Morgan fingerprint density at radius 3 is 2.78 bits per heavy atom. The molecule has 1 heterocycles. The summed E-state index contributed by atoms with van der Waals surface area (Å²) in [4.78, 5) is 1.86. The highest BCUT2D eigenvalue weighted by molar-refractivity contribution is 7.91. The molecule has 0 spiro atoms. The summed E-state index contributed by atoms with van der Waals surface area (Å²) in [5, 5.41) is 9.05. The number of hydrogen-bond acceptors (Lipinski definition) is 4. The van der Waals surface area contributed by atoms with Crippen LogP contribution in [0.5, 0.6) is 0 Å². The highest BCUT2D eigenvalue weighted by Gasteiger charge is 2.28. The summed E-state index contributed by atoms with van der Waals surface area (Å²) in [6.45, 7) is 1.93. The SMILES string of the molecule is CC1CS(=O)(=O)CCN1c1cc(F)cc(CO)c1. The predicted octanol–water partition coefficient (Wildman–Crippen LogP) is 0.941. The molecule has 1 saturated heterocycles. The third kappa shape index (κ3) is 2.81. The molecular weight excluding hydrogens is 257 g/mol. The number of aliphatic hydroxyl groups is 1. The fraction of sp³-hybridized carbons (Fsp3) is 0.500. The van der Waals surface area contributed by atoms with E-state index in [-0.39, 0.29) is 24.2 Å². The fourth-order valence-electron chi connectivity index (χ4n) is 2.27. The summed E-state index contributed by atoms with van der Waals surface area (Å²) >= 11 is 0. The van der Waals surface area contributed by atoms with Gasteiger partial charge in [-0.25, -0.2) is 12.8 Å². The van der Waals surface area contributed by atoms with E-state index < -0.39 is 15.7 Å². The Morgan fingerprint density at radius 1 is 1.44 bits per heavy atom. The lowest BCUT2D eigenvalue weighted by Gasteiger charge is -2.35. The Bertz CT molecular complexity index is 544. The van der Waals surface area contributed by atoms with Crippen molar-refractivity contribution in [2.24, 2.45) is 0 Å². The van der Waals surface area contributed by atoms with E-state index in [1.807, 2.05) is 4.90 Å². The average molecular weight is 273 g/mol. The van der Waals surface area contributed by atoms with Gasteiger partial charge in [0.25, 0.3) is 0 Å². The van der Waals surface area contributed by atoms with Crippen molar-refractivity contribution in [3.8, 4) is 0 Å². The molecule has 1 aromatic rings. The Kier molecular flexibility index (Phi) is 3.59. The van der Waals surface area contributed by atoms with Crippen LogP contribution in [0.4, 0.5) is 10.1 Å². The second-order valence-electron chi connectivity index (χ2n) is 4.63. The van der Waals surface area contributed by atoms with Crippen molar-refractivity contribution in [2.45, 2.75) is 19.6 Å². The number of rotatable bonds is 2. The molecule has 4 nitrogen and oxygen atoms in total. The van der Waals surface area contributed by atoms with Crippen LogP contribution in [0.15, 0.2) is 18.2 Å². The molecule has 1 atom stereocenters. The van der Waals surface area contributed by atoms with Crippen molar-refractivity contribution < 1.29 is 17.9 Å². The lowest BCUT2D eigenvalue weighted by molar-refractivity contribution is 0.281. The molecule has 18 heavy (non-hydrogen) atoms. The molecule has 0 radical (unpaired) electrons. The number of halogens is 1. The molecule has 0 amide bonds. The molecule has 1 fully saturated rings. The van der Waals surface area contributed by atoms with Gasteiger partial charge in [-0.2, -0.15) is 0 Å². The van der Waals surface area contributed by atoms with Gasteiger partial charge in [-0.3, -0.25) is 0 Å². The van der Waals surface area contributed by atoms with Crippen LogP contribution in [0.3, 0.4) is 0 Å². The molecule has 1 aliphatic heterocycles. The summed E-state index contributed by atoms with van der Waals surface area (Å²) in [5.74, 6) is -0.252. The van der Waals surface area contributed by atoms with Crippen LogP contribution in [-0.2, 0) is 16.4 Å². The largest absolute Gasteiger partial charge is 0.392 e. The number of sulfone groups is 1. The molecule has 1 unspecified atom stereocenters. The number of hydrogen-bond donors (Lipinski definition) is 1. The third-order valence-corrected chi connectivity index (χ3v) is 4.92. The summed E-state index contributed by atoms with van der Waals surface area (Å²) < 4.78 is 36.4. The van der Waals surface area contributed by atoms with Crippen molar-refractivity contribution in [2.75, 3.05) is 23.0 Å². The Hall–Kier alpha value is -1.14. The molecule has 6 heteroatoms. The van der Waals surface area contributed by atoms with E-state index in [4.69, 9.17) is 5.11 Å². The molecule has 0 saturated carbocycles. The monoisotopic (exact) mass is 273 g/mol. The van der Waals surface area contributed by atoms with E-state index in [9.17, 15) is 12.8 Å². The molecule has 100 valence electrons. The topological polar surface area (TPSA) is 57.6 Å². The zero-order valence-electron chi connectivity index (χ0n) is 10.1. The minimum Gasteiger partial charge on any atom is -0.392 e. The summed E-state index contributed by atoms with van der Waals surface area (Å²) in [6, 6.07) is 4.15. The van der Waals surface area contributed by atoms with Crippen LogP contribution in [0, 0.1) is 5.82 Å². The van der Waals surface area contributed by atoms with Crippen molar-refractivity contribution >= 4 is 15.5 Å². The number of nitrogens with zero attached hydrogens (tertiary/aromatic N) is 1. The molecule has 1 N–H and O–H groups in total. The van der Waals surface area contributed by atoms with Crippen molar-refractivity contribution in [1.29, 1.82) is 0 Å². The number of anilines is 1. The van der Waals surface area contributed by atoms with Crippen molar-refractivity contribution in [3.63, 3.8) is 0 Å². The molecular formula is C12H16FNO3S. The molecule has 1 aliphatic rings. The van der Waals surface area contributed by atoms with Gasteiger partial charge in [-0.05, 0) is 30.7 Å². The van der Waals surface area contributed by atoms with Crippen LogP contribution >= 0.6 is 0 Å². The molecule has 1 aromatic carbocycles. The Labute approximate surface area is 106 Å². The molecule has 2 rings (SSSR count). The van der Waals surface area contributed by atoms with Gasteiger partial charge in [0.1, 0.15) is 5.82 Å². The van der Waals surface area contributed by atoms with Gasteiger partial charge in [0.15, 0.2) is 9.84 Å². The van der Waals surface area contributed by atoms with Crippen LogP contribution in [-0.4, -0.2) is 37.6 Å². The first kappa shape index (κ1) is 13.3. The Morgan fingerprint density at radius 2 is 2.17 bits per heavy atom. The smallest absolute Gasteiger partial charge is 0.154 e. The first-order valence-electron chi connectivity index (χ1n) is 5.79. The Balaban J connectivity index is 2.29. The molecule has 0 aliphatic carbocycles. The lowest BCUT2D eigenvalue weighted by atomic mass is 10.1. The van der Waals surface area contributed by atoms with Gasteiger partial charge >= 0.3 is 0 Å². The van der Waals surface area contributed by atoms with E-state index in [0.29, 0.717) is 17.8 Å². The number of benzene rings is 1. The van der Waals surface area contributed by atoms with Gasteiger partial charge in [-0.15, -0.1) is 0 Å². The van der Waals surface area contributed by atoms with Crippen LogP contribution < -0.4 is 4.90 Å². The van der Waals surface area contributed by atoms with E-state index in [0.717, 1.165) is 0 Å². The second-order valence-corrected chi connectivity index (χ2v) is 6.86. The van der Waals surface area contributed by atoms with Gasteiger partial charge in [0.2, 0.25) is 0 Å². The highest BCUT2D eigenvalue weighted by Crippen LogP contribution is 2.24. The maximum absolute atomic E-state index is 13.4. The zero-order valence-corrected chi connectivity index (χ0v) is 11.0. The van der Waals surface area contributed by atoms with E-state index in [1.165, 1.54) is 12.1 Å². The minimum atomic E-state index is -2.98. The lowest BCUT2D eigenvalue weighted by Crippen LogP contribution is -2.47. The summed E-state index contributed by atoms with van der Waals surface area (Å²) in [7, 11) is -2.98. The fourth-order valence-corrected chi connectivity index (χ4v) is 3.83. The van der Waals surface area contributed by atoms with Gasteiger partial charge in [-0.1, -0.05) is 0 Å². The van der Waals surface area contributed by atoms with Crippen LogP contribution in [0.25, 0.3) is 0 Å². The quantitative estimate of drug-likeness (QED) is 0.871. The predicted molar refractivity (Wildman–Crippen MR) is 67.8 cm³/mol. The maximum Gasteiger partial charge on any atom is 0.154 e. The molecule has 0 bridgehead atoms. The third-order valence-electron chi connectivity index (χ3n) is 3.13. The normalized spacial score (nSPS) is 23.1. The second kappa shape index (κ2) is 4.85. The maximum atomic E-state index is 13.4. The first-order valence-corrected chi connectivity index (χ1v) is 7.61. The van der Waals surface area contributed by atoms with Crippen LogP contribution in [0.2, 0.25) is 0 Å². The minimum absolute atomic E-state index is 0.0813. The van der Waals surface area contributed by atoms with Gasteiger partial charge < -0.3 is 10.0 Å². The number of aliphatic hydroxyl groups excluding tert-OH is 1. The van der Waals surface area contributed by atoms with Crippen molar-refractivity contribution in [3.05, 3.63) is 29.6 Å². The average Bonchev–Trinajstić information content (AvgIpc) is 2.26. The van der Waals surface area contributed by atoms with Crippen LogP contribution in [0.1, 0.15) is 12.5 Å². The van der Waals surface area contributed by atoms with Gasteiger partial charge in [0.05, 0.1) is 18.1 Å².